The van der Waals surface area contributed by atoms with Gasteiger partial charge in [-0.2, -0.15) is 13.4 Å². The molecule has 9 nitrogen and oxygen atoms in total. The second-order valence-corrected chi connectivity index (χ2v) is 7.21. The lowest BCUT2D eigenvalue weighted by atomic mass is 10.0. The van der Waals surface area contributed by atoms with Crippen molar-refractivity contribution in [3.8, 4) is 11.3 Å². The molecular weight excluding hydrogens is 382 g/mol. The number of nitrogens with zero attached hydrogens (tertiary/aromatic N) is 2. The molecule has 0 radical (unpaired) electrons. The SMILES string of the molecule is CS(=O)(=O)O.NC(N)=NC(=O)c1cc(-c2ccccc2)nc2c(N)cccc12. The van der Waals surface area contributed by atoms with Crippen LogP contribution in [0.4, 0.5) is 5.69 Å². The molecule has 0 aliphatic rings. The van der Waals surface area contributed by atoms with Crippen molar-refractivity contribution in [2.75, 3.05) is 12.0 Å². The number of hydrogen-bond acceptors (Lipinski definition) is 5. The molecule has 0 saturated carbocycles. The van der Waals surface area contributed by atoms with E-state index in [1.807, 2.05) is 30.3 Å². The predicted molar refractivity (Wildman–Crippen MR) is 109 cm³/mol. The lowest BCUT2D eigenvalue weighted by Gasteiger charge is -2.09. The zero-order valence-corrected chi connectivity index (χ0v) is 15.7. The van der Waals surface area contributed by atoms with Crippen LogP contribution in [0.3, 0.4) is 0 Å². The maximum atomic E-state index is 12.3. The highest BCUT2D eigenvalue weighted by atomic mass is 32.2. The minimum atomic E-state index is -3.67. The van der Waals surface area contributed by atoms with E-state index < -0.39 is 16.0 Å². The van der Waals surface area contributed by atoms with E-state index in [1.54, 1.807) is 24.3 Å². The van der Waals surface area contributed by atoms with Crippen LogP contribution in [0.15, 0.2) is 59.6 Å². The molecule has 146 valence electrons. The van der Waals surface area contributed by atoms with Gasteiger partial charge in [0.15, 0.2) is 5.96 Å². The molecular formula is C18H19N5O4S. The van der Waals surface area contributed by atoms with E-state index in [1.165, 1.54) is 0 Å². The monoisotopic (exact) mass is 401 g/mol. The van der Waals surface area contributed by atoms with Crippen molar-refractivity contribution >= 4 is 38.6 Å². The molecule has 0 aliphatic carbocycles. The quantitative estimate of drug-likeness (QED) is 0.216. The molecule has 10 heteroatoms. The third kappa shape index (κ3) is 5.76. The third-order valence-corrected chi connectivity index (χ3v) is 3.40. The van der Waals surface area contributed by atoms with Gasteiger partial charge in [-0.05, 0) is 12.1 Å². The van der Waals surface area contributed by atoms with E-state index in [-0.39, 0.29) is 5.96 Å². The summed E-state index contributed by atoms with van der Waals surface area (Å²) in [6.07, 6.45) is 0.715. The van der Waals surface area contributed by atoms with Crippen molar-refractivity contribution in [1.82, 2.24) is 4.98 Å². The average Bonchev–Trinajstić information content (AvgIpc) is 2.60. The topological polar surface area (TPSA) is 175 Å². The lowest BCUT2D eigenvalue weighted by Crippen LogP contribution is -2.24. The Morgan fingerprint density at radius 2 is 1.68 bits per heavy atom. The number of para-hydroxylation sites is 1. The van der Waals surface area contributed by atoms with Gasteiger partial charge >= 0.3 is 0 Å². The van der Waals surface area contributed by atoms with E-state index in [4.69, 9.17) is 21.8 Å². The number of amides is 1. The second-order valence-electron chi connectivity index (χ2n) is 5.74. The molecule has 1 amide bonds. The average molecular weight is 401 g/mol. The fourth-order valence-corrected chi connectivity index (χ4v) is 2.38. The molecule has 0 unspecified atom stereocenters. The standard InChI is InChI=1S/C17H15N5O.CH4O3S/c18-13-8-4-7-11-12(16(23)22-17(19)20)9-14(21-15(11)13)10-5-2-1-3-6-10;1-5(2,3)4/h1-9H,18H2,(H4,19,20,22,23);1H3,(H,2,3,4). The number of pyridine rings is 1. The number of aliphatic imine (C=N–C) groups is 1. The Kier molecular flexibility index (Phi) is 6.29. The Labute approximate surface area is 161 Å². The zero-order valence-electron chi connectivity index (χ0n) is 14.9. The van der Waals surface area contributed by atoms with E-state index in [0.29, 0.717) is 34.1 Å². The first kappa shape index (κ1) is 20.8. The van der Waals surface area contributed by atoms with Crippen molar-refractivity contribution in [3.05, 3.63) is 60.2 Å². The van der Waals surface area contributed by atoms with Gasteiger partial charge in [-0.1, -0.05) is 42.5 Å². The van der Waals surface area contributed by atoms with Crippen LogP contribution < -0.4 is 17.2 Å². The summed E-state index contributed by atoms with van der Waals surface area (Å²) in [5, 5.41) is 0.611. The first-order valence-electron chi connectivity index (χ1n) is 7.87. The van der Waals surface area contributed by atoms with Crippen molar-refractivity contribution in [2.45, 2.75) is 0 Å². The fraction of sp³-hybridized carbons (Fsp3) is 0.0556. The normalized spacial score (nSPS) is 10.6. The Hall–Kier alpha value is -3.50. The van der Waals surface area contributed by atoms with Crippen LogP contribution in [-0.4, -0.2) is 36.1 Å². The van der Waals surface area contributed by atoms with Crippen LogP contribution >= 0.6 is 0 Å². The largest absolute Gasteiger partial charge is 0.397 e. The molecule has 2 aromatic carbocycles. The Morgan fingerprint density at radius 1 is 1.07 bits per heavy atom. The Bertz CT molecular complexity index is 1130. The number of rotatable bonds is 2. The molecule has 28 heavy (non-hydrogen) atoms. The van der Waals surface area contributed by atoms with Gasteiger partial charge in [-0.25, -0.2) is 4.98 Å². The van der Waals surface area contributed by atoms with Gasteiger partial charge in [-0.3, -0.25) is 9.35 Å². The highest BCUT2D eigenvalue weighted by Crippen LogP contribution is 2.28. The van der Waals surface area contributed by atoms with Crippen LogP contribution in [0.25, 0.3) is 22.2 Å². The molecule has 0 atom stereocenters. The van der Waals surface area contributed by atoms with Crippen LogP contribution in [0, 0.1) is 0 Å². The fourth-order valence-electron chi connectivity index (χ4n) is 2.38. The summed E-state index contributed by atoms with van der Waals surface area (Å²) in [7, 11) is -3.67. The number of guanidine groups is 1. The summed E-state index contributed by atoms with van der Waals surface area (Å²) in [4.78, 5) is 20.6. The molecule has 3 aromatic rings. The zero-order chi connectivity index (χ0) is 20.9. The van der Waals surface area contributed by atoms with Gasteiger partial charge in [0.1, 0.15) is 0 Å². The lowest BCUT2D eigenvalue weighted by molar-refractivity contribution is 0.100. The first-order valence-corrected chi connectivity index (χ1v) is 9.72. The van der Waals surface area contributed by atoms with Gasteiger partial charge in [0.25, 0.3) is 16.0 Å². The molecule has 3 rings (SSSR count). The minimum Gasteiger partial charge on any atom is -0.397 e. The smallest absolute Gasteiger partial charge is 0.280 e. The number of aromatic nitrogens is 1. The Morgan fingerprint density at radius 3 is 2.25 bits per heavy atom. The van der Waals surface area contributed by atoms with Crippen molar-refractivity contribution < 1.29 is 17.8 Å². The number of hydrogen-bond donors (Lipinski definition) is 4. The second kappa shape index (κ2) is 8.46. The number of carbonyl (C=O) groups excluding carboxylic acids is 1. The van der Waals surface area contributed by atoms with Crippen LogP contribution in [0.1, 0.15) is 10.4 Å². The maximum absolute atomic E-state index is 12.3. The molecule has 0 saturated heterocycles. The van der Waals surface area contributed by atoms with Crippen LogP contribution in [0.2, 0.25) is 0 Å². The van der Waals surface area contributed by atoms with E-state index in [2.05, 4.69) is 9.98 Å². The highest BCUT2D eigenvalue weighted by molar-refractivity contribution is 7.85. The molecule has 1 aromatic heterocycles. The van der Waals surface area contributed by atoms with E-state index >= 15 is 0 Å². The molecule has 0 spiro atoms. The molecule has 7 N–H and O–H groups in total. The third-order valence-electron chi connectivity index (χ3n) is 3.40. The van der Waals surface area contributed by atoms with Crippen molar-refractivity contribution in [2.24, 2.45) is 16.5 Å². The number of fused-ring (bicyclic) bond motifs is 1. The maximum Gasteiger partial charge on any atom is 0.280 e. The summed E-state index contributed by atoms with van der Waals surface area (Å²) in [6, 6.07) is 16.4. The minimum absolute atomic E-state index is 0.287. The summed E-state index contributed by atoms with van der Waals surface area (Å²) < 4.78 is 25.9. The van der Waals surface area contributed by atoms with Crippen molar-refractivity contribution in [1.29, 1.82) is 0 Å². The number of benzene rings is 2. The molecule has 0 bridgehead atoms. The summed E-state index contributed by atoms with van der Waals surface area (Å²) in [6.45, 7) is 0. The predicted octanol–water partition coefficient (Wildman–Crippen LogP) is 1.40. The van der Waals surface area contributed by atoms with E-state index in [0.717, 1.165) is 5.56 Å². The Balaban J connectivity index is 0.000000500. The highest BCUT2D eigenvalue weighted by Gasteiger charge is 2.15. The number of anilines is 1. The van der Waals surface area contributed by atoms with Gasteiger partial charge in [0.2, 0.25) is 0 Å². The van der Waals surface area contributed by atoms with E-state index in [9.17, 15) is 13.2 Å². The van der Waals surface area contributed by atoms with Gasteiger partial charge < -0.3 is 17.2 Å². The first-order chi connectivity index (χ1) is 13.1. The summed E-state index contributed by atoms with van der Waals surface area (Å²) in [5.74, 6) is -0.815. The number of carbonyl (C=O) groups is 1. The van der Waals surface area contributed by atoms with Crippen LogP contribution in [0.5, 0.6) is 0 Å². The van der Waals surface area contributed by atoms with Gasteiger partial charge in [-0.15, -0.1) is 0 Å². The van der Waals surface area contributed by atoms with Gasteiger partial charge in [0, 0.05) is 10.9 Å². The van der Waals surface area contributed by atoms with Crippen molar-refractivity contribution in [3.63, 3.8) is 0 Å². The summed E-state index contributed by atoms with van der Waals surface area (Å²) in [5.41, 5.74) is 19.5. The number of nitrogen functional groups attached to an aromatic ring is 1. The number of nitrogens with two attached hydrogens (primary N) is 3. The van der Waals surface area contributed by atoms with Crippen LogP contribution in [-0.2, 0) is 10.1 Å². The summed E-state index contributed by atoms with van der Waals surface area (Å²) >= 11 is 0. The van der Waals surface area contributed by atoms with Gasteiger partial charge in [0.05, 0.1) is 28.7 Å². The molecule has 0 fully saturated rings. The molecule has 0 aliphatic heterocycles. The molecule has 1 heterocycles.